The first kappa shape index (κ1) is 19.0. The van der Waals surface area contributed by atoms with Crippen molar-refractivity contribution < 1.29 is 23.0 Å². The van der Waals surface area contributed by atoms with Crippen molar-refractivity contribution in [2.75, 3.05) is 24.2 Å². The fraction of sp³-hybridized carbons (Fsp3) is 0.500. The molecule has 0 aliphatic rings. The number of hydrogen-bond acceptors (Lipinski definition) is 6. The number of thioether (sulfide) groups is 1. The van der Waals surface area contributed by atoms with Crippen LogP contribution in [0.3, 0.4) is 0 Å². The van der Waals surface area contributed by atoms with Crippen LogP contribution in [0.1, 0.15) is 19.4 Å². The summed E-state index contributed by atoms with van der Waals surface area (Å²) >= 11 is 0.539. The zero-order valence-corrected chi connectivity index (χ0v) is 13.3. The summed E-state index contributed by atoms with van der Waals surface area (Å²) < 4.78 is 39.4. The van der Waals surface area contributed by atoms with Gasteiger partial charge in [0.2, 0.25) is 0 Å². The highest BCUT2D eigenvalue weighted by Crippen LogP contribution is 2.49. The Kier molecular flexibility index (Phi) is 5.81. The van der Waals surface area contributed by atoms with Gasteiger partial charge in [-0.25, -0.2) is 0 Å². The Hall–Kier alpha value is -2.04. The van der Waals surface area contributed by atoms with Crippen molar-refractivity contribution in [3.63, 3.8) is 0 Å². The molecule has 0 saturated carbocycles. The van der Waals surface area contributed by atoms with Crippen molar-refractivity contribution in [3.8, 4) is 0 Å². The van der Waals surface area contributed by atoms with Crippen LogP contribution in [0.4, 0.5) is 30.2 Å². The third kappa shape index (κ3) is 3.66. The Morgan fingerprint density at radius 2 is 1.70 bits per heavy atom. The largest absolute Gasteiger partial charge is 0.417 e. The lowest BCUT2D eigenvalue weighted by Crippen LogP contribution is -2.25. The minimum Gasteiger partial charge on any atom is -0.361 e. The molecule has 0 aromatic heterocycles. The third-order valence-electron chi connectivity index (χ3n) is 3.18. The zero-order chi connectivity index (χ0) is 17.9. The number of hydrogen-bond donors (Lipinski definition) is 0. The van der Waals surface area contributed by atoms with Crippen molar-refractivity contribution in [2.24, 2.45) is 0 Å². The van der Waals surface area contributed by atoms with Crippen LogP contribution in [0.15, 0.2) is 11.0 Å². The molecule has 0 spiro atoms. The minimum absolute atomic E-state index is 0.178. The van der Waals surface area contributed by atoms with E-state index in [1.54, 1.807) is 13.8 Å². The molecule has 0 heterocycles. The molecule has 0 atom stereocenters. The second-order valence-corrected chi connectivity index (χ2v) is 5.17. The molecule has 0 N–H and O–H groups in total. The smallest absolute Gasteiger partial charge is 0.361 e. The number of nitro benzene ring substituents is 2. The van der Waals surface area contributed by atoms with Gasteiger partial charge in [0.05, 0.1) is 20.3 Å². The van der Waals surface area contributed by atoms with Crippen molar-refractivity contribution in [1.82, 2.24) is 0 Å². The van der Waals surface area contributed by atoms with Gasteiger partial charge in [-0.2, -0.15) is 13.2 Å². The lowest BCUT2D eigenvalue weighted by molar-refractivity contribution is -0.395. The van der Waals surface area contributed by atoms with Gasteiger partial charge in [0.25, 0.3) is 5.69 Å². The van der Waals surface area contributed by atoms with Crippen LogP contribution in [-0.2, 0) is 6.18 Å². The van der Waals surface area contributed by atoms with E-state index in [2.05, 4.69) is 0 Å². The van der Waals surface area contributed by atoms with Gasteiger partial charge in [-0.05, 0) is 20.1 Å². The Balaban J connectivity index is 4.01. The van der Waals surface area contributed by atoms with Gasteiger partial charge < -0.3 is 4.90 Å². The lowest BCUT2D eigenvalue weighted by Gasteiger charge is -2.23. The summed E-state index contributed by atoms with van der Waals surface area (Å²) in [6, 6.07) is 0.368. The first-order valence-corrected chi connectivity index (χ1v) is 7.68. The maximum Gasteiger partial charge on any atom is 0.417 e. The number of nitro groups is 2. The van der Waals surface area contributed by atoms with Gasteiger partial charge in [-0.3, -0.25) is 20.2 Å². The second-order valence-electron chi connectivity index (χ2n) is 4.36. The van der Waals surface area contributed by atoms with Crippen LogP contribution in [0, 0.1) is 20.2 Å². The van der Waals surface area contributed by atoms with E-state index < -0.39 is 43.5 Å². The summed E-state index contributed by atoms with van der Waals surface area (Å²) in [7, 11) is 0. The molecule has 0 aliphatic carbocycles. The average molecular weight is 353 g/mol. The molecule has 0 aliphatic heterocycles. The first-order chi connectivity index (χ1) is 10.6. The van der Waals surface area contributed by atoms with Gasteiger partial charge in [-0.15, -0.1) is 11.8 Å². The molecule has 7 nitrogen and oxygen atoms in total. The molecule has 0 fully saturated rings. The highest BCUT2D eigenvalue weighted by Gasteiger charge is 2.43. The summed E-state index contributed by atoms with van der Waals surface area (Å²) in [5.74, 6) is 0. The zero-order valence-electron chi connectivity index (χ0n) is 12.5. The maximum absolute atomic E-state index is 13.1. The van der Waals surface area contributed by atoms with Gasteiger partial charge in [-0.1, -0.05) is 0 Å². The van der Waals surface area contributed by atoms with Crippen LogP contribution in [0.25, 0.3) is 0 Å². The highest BCUT2D eigenvalue weighted by atomic mass is 32.2. The lowest BCUT2D eigenvalue weighted by atomic mass is 10.1. The topological polar surface area (TPSA) is 89.5 Å². The molecular weight excluding hydrogens is 339 g/mol. The van der Waals surface area contributed by atoms with Crippen LogP contribution < -0.4 is 4.90 Å². The predicted octanol–water partition coefficient (Wildman–Crippen LogP) is 4.09. The second kappa shape index (κ2) is 7.02. The Morgan fingerprint density at radius 1 is 1.17 bits per heavy atom. The SMILES string of the molecule is CCN(CC)c1c([N+](=O)[O-])cc(C(F)(F)F)c(SC)c1[N+](=O)[O-]. The highest BCUT2D eigenvalue weighted by molar-refractivity contribution is 7.98. The fourth-order valence-corrected chi connectivity index (χ4v) is 2.96. The first-order valence-electron chi connectivity index (χ1n) is 6.45. The molecule has 0 amide bonds. The van der Waals surface area contributed by atoms with Crippen LogP contribution >= 0.6 is 11.8 Å². The Morgan fingerprint density at radius 3 is 2.00 bits per heavy atom. The molecule has 1 aromatic rings. The molecule has 11 heteroatoms. The van der Waals surface area contributed by atoms with Crippen molar-refractivity contribution in [3.05, 3.63) is 31.9 Å². The molecule has 0 bridgehead atoms. The maximum atomic E-state index is 13.1. The summed E-state index contributed by atoms with van der Waals surface area (Å²) in [6.45, 7) is 3.56. The number of alkyl halides is 3. The third-order valence-corrected chi connectivity index (χ3v) is 4.00. The molecule has 0 unspecified atom stereocenters. The van der Waals surface area contributed by atoms with Gasteiger partial charge in [0.15, 0.2) is 5.69 Å². The van der Waals surface area contributed by atoms with Crippen LogP contribution in [0.2, 0.25) is 0 Å². The van der Waals surface area contributed by atoms with E-state index in [1.165, 1.54) is 11.2 Å². The number of halogens is 3. The minimum atomic E-state index is -4.93. The number of anilines is 1. The standard InChI is InChI=1S/C12H14F3N3O4S/c1-4-16(5-2)9-8(17(19)20)6-7(12(13,14)15)11(23-3)10(9)18(21)22/h6H,4-5H2,1-3H3. The Labute approximate surface area is 133 Å². The Bertz CT molecular complexity index is 633. The molecule has 1 rings (SSSR count). The van der Waals surface area contributed by atoms with E-state index in [0.29, 0.717) is 17.8 Å². The van der Waals surface area contributed by atoms with E-state index in [4.69, 9.17) is 0 Å². The van der Waals surface area contributed by atoms with E-state index in [9.17, 15) is 33.4 Å². The molecule has 23 heavy (non-hydrogen) atoms. The summed E-state index contributed by atoms with van der Waals surface area (Å²) in [5.41, 5.74) is -3.59. The van der Waals surface area contributed by atoms with E-state index in [-0.39, 0.29) is 13.1 Å². The van der Waals surface area contributed by atoms with Crippen molar-refractivity contribution in [1.29, 1.82) is 0 Å². The fourth-order valence-electron chi connectivity index (χ4n) is 2.20. The molecule has 0 saturated heterocycles. The van der Waals surface area contributed by atoms with Crippen LogP contribution in [0.5, 0.6) is 0 Å². The van der Waals surface area contributed by atoms with E-state index in [0.717, 1.165) is 0 Å². The van der Waals surface area contributed by atoms with Gasteiger partial charge in [0.1, 0.15) is 0 Å². The summed E-state index contributed by atoms with van der Waals surface area (Å²) in [4.78, 5) is 21.2. The molecular formula is C12H14F3N3O4S. The average Bonchev–Trinajstić information content (AvgIpc) is 2.45. The van der Waals surface area contributed by atoms with E-state index in [1.807, 2.05) is 0 Å². The molecule has 128 valence electrons. The number of nitrogens with zero attached hydrogens (tertiary/aromatic N) is 3. The normalized spacial score (nSPS) is 11.4. The van der Waals surface area contributed by atoms with Crippen molar-refractivity contribution in [2.45, 2.75) is 24.9 Å². The predicted molar refractivity (Wildman–Crippen MR) is 80.1 cm³/mol. The van der Waals surface area contributed by atoms with Gasteiger partial charge in [0, 0.05) is 19.2 Å². The van der Waals surface area contributed by atoms with Crippen LogP contribution in [-0.4, -0.2) is 29.2 Å². The number of benzene rings is 1. The number of rotatable bonds is 6. The van der Waals surface area contributed by atoms with Crippen molar-refractivity contribution >= 4 is 28.8 Å². The molecule has 0 radical (unpaired) electrons. The quantitative estimate of drug-likeness (QED) is 0.435. The van der Waals surface area contributed by atoms with E-state index >= 15 is 0 Å². The summed E-state index contributed by atoms with van der Waals surface area (Å²) in [5, 5.41) is 22.6. The van der Waals surface area contributed by atoms with Gasteiger partial charge >= 0.3 is 11.9 Å². The summed E-state index contributed by atoms with van der Waals surface area (Å²) in [6.07, 6.45) is -3.68. The molecule has 1 aromatic carbocycles. The monoisotopic (exact) mass is 353 g/mol.